The third-order valence-electron chi connectivity index (χ3n) is 6.89. The Morgan fingerprint density at radius 1 is 1.26 bits per heavy atom. The van der Waals surface area contributed by atoms with E-state index < -0.39 is 41.7 Å². The Morgan fingerprint density at radius 2 is 2.00 bits per heavy atom. The Morgan fingerprint density at radius 3 is 2.63 bits per heavy atom. The molecule has 0 spiro atoms. The minimum Gasteiger partial charge on any atom is -0.384 e. The number of β-lactam (4-membered cyclic amide) rings is 1. The van der Waals surface area contributed by atoms with Gasteiger partial charge in [-0.1, -0.05) is 25.1 Å². The number of nitrogens with zero attached hydrogens (tertiary/aromatic N) is 5. The first kappa shape index (κ1) is 26.8. The third-order valence-corrected chi connectivity index (χ3v) is 6.89. The number of carbonyl (C=O) groups excluding carboxylic acids is 3. The van der Waals surface area contributed by atoms with Crippen LogP contribution in [0.25, 0.3) is 0 Å². The van der Waals surface area contributed by atoms with Gasteiger partial charge in [-0.15, -0.1) is 0 Å². The number of carbonyl (C=O) groups is 3. The summed E-state index contributed by atoms with van der Waals surface area (Å²) in [6, 6.07) is 5.92. The molecule has 4 amide bonds. The second-order valence-corrected chi connectivity index (χ2v) is 9.66. The molecule has 1 fully saturated rings. The van der Waals surface area contributed by atoms with Gasteiger partial charge in [0, 0.05) is 31.5 Å². The standard InChI is InChI=1S/C27H32FN7O3/c1-6-21(19-9-7-8-15(2)23(19)28)32-27(38)35-24(26(37)34(5)18-13-30-33(4)14-18)20(25(35)36)11-17-10-16(3)31-22(29)12-17/h7-10,12-14,20-21,24H,6,11H2,1-5H3,(H2,29,31)(H,32,38)/t20-,21?,24+/m1/s1. The normalized spacial score (nSPS) is 17.6. The molecule has 3 N–H and O–H groups in total. The van der Waals surface area contributed by atoms with E-state index in [1.54, 1.807) is 69.2 Å². The van der Waals surface area contributed by atoms with Gasteiger partial charge >= 0.3 is 6.03 Å². The summed E-state index contributed by atoms with van der Waals surface area (Å²) >= 11 is 0. The number of imide groups is 1. The van der Waals surface area contributed by atoms with Gasteiger partial charge in [0.1, 0.15) is 17.7 Å². The molecule has 3 atom stereocenters. The molecular weight excluding hydrogens is 489 g/mol. The van der Waals surface area contributed by atoms with Crippen molar-refractivity contribution in [2.45, 2.75) is 45.7 Å². The zero-order chi connectivity index (χ0) is 27.7. The molecule has 1 unspecified atom stereocenters. The van der Waals surface area contributed by atoms with E-state index in [1.807, 2.05) is 6.92 Å². The molecule has 200 valence electrons. The lowest BCUT2D eigenvalue weighted by molar-refractivity contribution is -0.156. The molecule has 1 saturated heterocycles. The zero-order valence-corrected chi connectivity index (χ0v) is 22.1. The van der Waals surface area contributed by atoms with Crippen LogP contribution in [0, 0.1) is 25.6 Å². The lowest BCUT2D eigenvalue weighted by Gasteiger charge is -2.46. The molecule has 1 aliphatic rings. The average Bonchev–Trinajstić information content (AvgIpc) is 3.30. The van der Waals surface area contributed by atoms with Gasteiger partial charge in [-0.05, 0) is 49.9 Å². The van der Waals surface area contributed by atoms with Crippen LogP contribution in [0.3, 0.4) is 0 Å². The fraction of sp³-hybridized carbons (Fsp3) is 0.370. The Hall–Kier alpha value is -4.28. The number of nitrogens with two attached hydrogens (primary N) is 1. The Balaban J connectivity index is 1.63. The van der Waals surface area contributed by atoms with Crippen LogP contribution in [0.5, 0.6) is 0 Å². The number of nitrogens with one attached hydrogen (secondary N) is 1. The van der Waals surface area contributed by atoms with Crippen LogP contribution in [0.4, 0.5) is 20.7 Å². The largest absolute Gasteiger partial charge is 0.384 e. The maximum absolute atomic E-state index is 14.8. The molecule has 38 heavy (non-hydrogen) atoms. The van der Waals surface area contributed by atoms with Crippen molar-refractivity contribution in [2.75, 3.05) is 17.7 Å². The Kier molecular flexibility index (Phi) is 7.47. The van der Waals surface area contributed by atoms with Gasteiger partial charge in [0.15, 0.2) is 0 Å². The molecule has 0 radical (unpaired) electrons. The van der Waals surface area contributed by atoms with Crippen molar-refractivity contribution < 1.29 is 18.8 Å². The maximum atomic E-state index is 14.8. The number of halogens is 1. The van der Waals surface area contributed by atoms with Crippen molar-refractivity contribution in [2.24, 2.45) is 13.0 Å². The number of amides is 4. The predicted octanol–water partition coefficient (Wildman–Crippen LogP) is 3.05. The second-order valence-electron chi connectivity index (χ2n) is 9.66. The number of aromatic nitrogens is 3. The number of benzene rings is 1. The van der Waals surface area contributed by atoms with Crippen LogP contribution in [0.1, 0.15) is 41.8 Å². The van der Waals surface area contributed by atoms with Crippen molar-refractivity contribution in [1.29, 1.82) is 0 Å². The highest BCUT2D eigenvalue weighted by molar-refractivity contribution is 6.12. The van der Waals surface area contributed by atoms with E-state index >= 15 is 0 Å². The number of pyridine rings is 1. The molecular formula is C27H32FN7O3. The summed E-state index contributed by atoms with van der Waals surface area (Å²) in [5, 5.41) is 6.87. The molecule has 0 aliphatic carbocycles. The predicted molar refractivity (Wildman–Crippen MR) is 141 cm³/mol. The van der Waals surface area contributed by atoms with Crippen molar-refractivity contribution in [3.8, 4) is 0 Å². The first-order valence-electron chi connectivity index (χ1n) is 12.4. The third kappa shape index (κ3) is 5.09. The fourth-order valence-corrected chi connectivity index (χ4v) is 4.86. The van der Waals surface area contributed by atoms with Crippen LogP contribution in [0.15, 0.2) is 42.7 Å². The molecule has 3 aromatic rings. The highest BCUT2D eigenvalue weighted by atomic mass is 19.1. The summed E-state index contributed by atoms with van der Waals surface area (Å²) in [6.07, 6.45) is 3.79. The number of hydrogen-bond acceptors (Lipinski definition) is 6. The second kappa shape index (κ2) is 10.6. The molecule has 4 rings (SSSR count). The molecule has 11 heteroatoms. The molecule has 10 nitrogen and oxygen atoms in total. The lowest BCUT2D eigenvalue weighted by atomic mass is 9.81. The van der Waals surface area contributed by atoms with Crippen LogP contribution in [0.2, 0.25) is 0 Å². The molecule has 0 saturated carbocycles. The van der Waals surface area contributed by atoms with E-state index in [-0.39, 0.29) is 6.42 Å². The van der Waals surface area contributed by atoms with Crippen molar-refractivity contribution >= 4 is 29.4 Å². The molecule has 1 aromatic carbocycles. The van der Waals surface area contributed by atoms with E-state index in [1.165, 1.54) is 11.1 Å². The SMILES string of the molecule is CCC(NC(=O)N1C(=O)[C@H](Cc2cc(C)nc(N)c2)[C@H]1C(=O)N(C)c1cnn(C)c1)c1cccc(C)c1F. The lowest BCUT2D eigenvalue weighted by Crippen LogP contribution is -2.70. The van der Waals surface area contributed by atoms with Crippen LogP contribution in [-0.2, 0) is 23.1 Å². The van der Waals surface area contributed by atoms with Crippen LogP contribution >= 0.6 is 0 Å². The molecule has 3 heterocycles. The van der Waals surface area contributed by atoms with Gasteiger partial charge in [0.2, 0.25) is 5.91 Å². The van der Waals surface area contributed by atoms with E-state index in [2.05, 4.69) is 15.4 Å². The first-order chi connectivity index (χ1) is 18.0. The van der Waals surface area contributed by atoms with Gasteiger partial charge in [0.05, 0.1) is 23.8 Å². The summed E-state index contributed by atoms with van der Waals surface area (Å²) in [5.74, 6) is -1.83. The summed E-state index contributed by atoms with van der Waals surface area (Å²) in [6.45, 7) is 5.24. The van der Waals surface area contributed by atoms with Gasteiger partial charge in [-0.25, -0.2) is 14.2 Å². The van der Waals surface area contributed by atoms with Crippen molar-refractivity contribution in [1.82, 2.24) is 25.0 Å². The molecule has 2 aromatic heterocycles. The minimum atomic E-state index is -1.07. The number of likely N-dealkylation sites (N-methyl/N-ethyl adjacent to an activating group) is 1. The number of anilines is 2. The number of likely N-dealkylation sites (tertiary alicyclic amines) is 1. The number of urea groups is 1. The molecule has 1 aliphatic heterocycles. The van der Waals surface area contributed by atoms with E-state index in [9.17, 15) is 18.8 Å². The van der Waals surface area contributed by atoms with Gasteiger partial charge in [0.25, 0.3) is 5.91 Å². The smallest absolute Gasteiger partial charge is 0.325 e. The molecule has 0 bridgehead atoms. The van der Waals surface area contributed by atoms with Crippen molar-refractivity contribution in [3.05, 3.63) is 70.9 Å². The summed E-state index contributed by atoms with van der Waals surface area (Å²) < 4.78 is 16.4. The summed E-state index contributed by atoms with van der Waals surface area (Å²) in [7, 11) is 3.30. The monoisotopic (exact) mass is 521 g/mol. The fourth-order valence-electron chi connectivity index (χ4n) is 4.86. The van der Waals surface area contributed by atoms with E-state index in [0.29, 0.717) is 34.7 Å². The highest BCUT2D eigenvalue weighted by Gasteiger charge is 2.55. The van der Waals surface area contributed by atoms with Crippen molar-refractivity contribution in [3.63, 3.8) is 0 Å². The summed E-state index contributed by atoms with van der Waals surface area (Å²) in [4.78, 5) is 46.9. The topological polar surface area (TPSA) is 126 Å². The zero-order valence-electron chi connectivity index (χ0n) is 22.1. The maximum Gasteiger partial charge on any atom is 0.325 e. The Bertz CT molecular complexity index is 1370. The number of rotatable bonds is 7. The quantitative estimate of drug-likeness (QED) is 0.460. The number of hydrogen-bond donors (Lipinski definition) is 2. The summed E-state index contributed by atoms with van der Waals surface area (Å²) in [5.41, 5.74) is 8.61. The van der Waals surface area contributed by atoms with E-state index in [4.69, 9.17) is 5.73 Å². The Labute approximate surface area is 220 Å². The van der Waals surface area contributed by atoms with Gasteiger partial charge < -0.3 is 16.0 Å². The number of nitrogen functional groups attached to an aromatic ring is 1. The van der Waals surface area contributed by atoms with Crippen LogP contribution < -0.4 is 16.0 Å². The van der Waals surface area contributed by atoms with Gasteiger partial charge in [-0.2, -0.15) is 5.10 Å². The van der Waals surface area contributed by atoms with Crippen LogP contribution in [-0.4, -0.2) is 50.6 Å². The number of aryl methyl sites for hydroxylation is 3. The highest BCUT2D eigenvalue weighted by Crippen LogP contribution is 2.34. The average molecular weight is 522 g/mol. The van der Waals surface area contributed by atoms with E-state index in [0.717, 1.165) is 10.5 Å². The first-order valence-corrected chi connectivity index (χ1v) is 12.4. The minimum absolute atomic E-state index is 0.206. The van der Waals surface area contributed by atoms with Gasteiger partial charge in [-0.3, -0.25) is 19.2 Å².